The number of aliphatic hydroxyl groups is 1. The van der Waals surface area contributed by atoms with Gasteiger partial charge in [-0.25, -0.2) is 4.68 Å². The average molecular weight is 224 g/mol. The van der Waals surface area contributed by atoms with Crippen LogP contribution < -0.4 is 0 Å². The van der Waals surface area contributed by atoms with Crippen LogP contribution in [0.2, 0.25) is 0 Å². The van der Waals surface area contributed by atoms with Crippen molar-refractivity contribution in [2.75, 3.05) is 0 Å². The highest BCUT2D eigenvalue weighted by atomic mass is 16.3. The molecule has 5 nitrogen and oxygen atoms in total. The van der Waals surface area contributed by atoms with E-state index in [1.807, 2.05) is 4.68 Å². The maximum absolute atomic E-state index is 10.0. The van der Waals surface area contributed by atoms with Gasteiger partial charge in [-0.1, -0.05) is 33.6 Å². The van der Waals surface area contributed by atoms with Gasteiger partial charge in [0, 0.05) is 5.41 Å². The summed E-state index contributed by atoms with van der Waals surface area (Å²) in [6, 6.07) is 0.0537. The van der Waals surface area contributed by atoms with Crippen LogP contribution in [-0.2, 0) is 5.41 Å². The molecule has 0 aromatic carbocycles. The van der Waals surface area contributed by atoms with Crippen molar-refractivity contribution in [3.8, 4) is 0 Å². The lowest BCUT2D eigenvalue weighted by Crippen LogP contribution is -2.32. The van der Waals surface area contributed by atoms with Crippen molar-refractivity contribution in [2.45, 2.75) is 64.0 Å². The van der Waals surface area contributed by atoms with E-state index in [4.69, 9.17) is 0 Å². The second-order valence-electron chi connectivity index (χ2n) is 5.62. The molecule has 1 fully saturated rings. The Bertz CT molecular complexity index is 355. The lowest BCUT2D eigenvalue weighted by atomic mass is 9.90. The first kappa shape index (κ1) is 11.5. The predicted molar refractivity (Wildman–Crippen MR) is 60.0 cm³/mol. The number of nitrogens with zero attached hydrogens (tertiary/aromatic N) is 4. The molecule has 0 amide bonds. The second-order valence-corrected chi connectivity index (χ2v) is 5.62. The molecule has 0 aliphatic heterocycles. The molecule has 0 spiro atoms. The van der Waals surface area contributed by atoms with E-state index < -0.39 is 0 Å². The zero-order valence-corrected chi connectivity index (χ0v) is 10.2. The molecule has 0 radical (unpaired) electrons. The molecule has 1 aromatic rings. The molecule has 1 saturated carbocycles. The van der Waals surface area contributed by atoms with Crippen LogP contribution in [0.3, 0.4) is 0 Å². The van der Waals surface area contributed by atoms with Gasteiger partial charge in [-0.2, -0.15) is 0 Å². The summed E-state index contributed by atoms with van der Waals surface area (Å²) < 4.78 is 1.82. The SMILES string of the molecule is CC(C)(C)c1nnnn1[C@H]1CCCC[C@@H]1O. The molecule has 0 saturated heterocycles. The molecule has 5 heteroatoms. The maximum Gasteiger partial charge on any atom is 0.157 e. The van der Waals surface area contributed by atoms with Crippen molar-refractivity contribution < 1.29 is 5.11 Å². The van der Waals surface area contributed by atoms with Crippen LogP contribution in [0, 0.1) is 0 Å². The van der Waals surface area contributed by atoms with Crippen LogP contribution in [0.25, 0.3) is 0 Å². The van der Waals surface area contributed by atoms with E-state index in [-0.39, 0.29) is 17.6 Å². The third-order valence-corrected chi connectivity index (χ3v) is 3.17. The minimum atomic E-state index is -0.307. The van der Waals surface area contributed by atoms with Crippen LogP contribution in [0.5, 0.6) is 0 Å². The molecule has 1 aromatic heterocycles. The van der Waals surface area contributed by atoms with Gasteiger partial charge in [-0.05, 0) is 23.3 Å². The smallest absolute Gasteiger partial charge is 0.157 e. The molecular formula is C11H20N4O. The third-order valence-electron chi connectivity index (χ3n) is 3.17. The molecule has 2 atom stereocenters. The van der Waals surface area contributed by atoms with Gasteiger partial charge in [-0.15, -0.1) is 5.10 Å². The second kappa shape index (κ2) is 4.13. The Morgan fingerprint density at radius 3 is 2.56 bits per heavy atom. The van der Waals surface area contributed by atoms with Crippen molar-refractivity contribution in [1.29, 1.82) is 0 Å². The van der Waals surface area contributed by atoms with Gasteiger partial charge in [0.15, 0.2) is 5.82 Å². The van der Waals surface area contributed by atoms with Crippen LogP contribution >= 0.6 is 0 Å². The van der Waals surface area contributed by atoms with Gasteiger partial charge in [0.1, 0.15) is 0 Å². The van der Waals surface area contributed by atoms with Crippen molar-refractivity contribution in [1.82, 2.24) is 20.2 Å². The van der Waals surface area contributed by atoms with Crippen molar-refractivity contribution >= 4 is 0 Å². The first-order chi connectivity index (χ1) is 7.50. The van der Waals surface area contributed by atoms with Gasteiger partial charge in [-0.3, -0.25) is 0 Å². The Labute approximate surface area is 95.9 Å². The Balaban J connectivity index is 2.29. The largest absolute Gasteiger partial charge is 0.391 e. The lowest BCUT2D eigenvalue weighted by Gasteiger charge is -2.30. The fourth-order valence-electron chi connectivity index (χ4n) is 2.29. The van der Waals surface area contributed by atoms with Gasteiger partial charge >= 0.3 is 0 Å². The monoisotopic (exact) mass is 224 g/mol. The Hall–Kier alpha value is -0.970. The zero-order chi connectivity index (χ0) is 11.8. The van der Waals surface area contributed by atoms with Crippen LogP contribution in [0.1, 0.15) is 58.3 Å². The molecule has 16 heavy (non-hydrogen) atoms. The fraction of sp³-hybridized carbons (Fsp3) is 0.909. The Morgan fingerprint density at radius 2 is 1.94 bits per heavy atom. The lowest BCUT2D eigenvalue weighted by molar-refractivity contribution is 0.0654. The molecule has 0 bridgehead atoms. The average Bonchev–Trinajstić information content (AvgIpc) is 2.66. The normalized spacial score (nSPS) is 27.0. The number of hydrogen-bond acceptors (Lipinski definition) is 4. The number of aliphatic hydroxyl groups excluding tert-OH is 1. The summed E-state index contributed by atoms with van der Waals surface area (Å²) in [6.07, 6.45) is 3.76. The summed E-state index contributed by atoms with van der Waals surface area (Å²) in [5.74, 6) is 0.860. The molecule has 1 aliphatic rings. The molecule has 1 heterocycles. The number of rotatable bonds is 1. The predicted octanol–water partition coefficient (Wildman–Crippen LogP) is 1.45. The summed E-state index contributed by atoms with van der Waals surface area (Å²) in [7, 11) is 0. The van der Waals surface area contributed by atoms with Crippen molar-refractivity contribution in [3.05, 3.63) is 5.82 Å². The summed E-state index contributed by atoms with van der Waals surface area (Å²) in [6.45, 7) is 6.26. The Kier molecular flexibility index (Phi) is 2.97. The quantitative estimate of drug-likeness (QED) is 0.784. The van der Waals surface area contributed by atoms with Gasteiger partial charge in [0.2, 0.25) is 0 Å². The Morgan fingerprint density at radius 1 is 1.25 bits per heavy atom. The highest BCUT2D eigenvalue weighted by Gasteiger charge is 2.31. The highest BCUT2D eigenvalue weighted by Crippen LogP contribution is 2.31. The summed E-state index contributed by atoms with van der Waals surface area (Å²) >= 11 is 0. The number of aromatic nitrogens is 4. The van der Waals surface area contributed by atoms with E-state index >= 15 is 0 Å². The van der Waals surface area contributed by atoms with Gasteiger partial charge in [0.05, 0.1) is 12.1 Å². The minimum Gasteiger partial charge on any atom is -0.391 e. The summed E-state index contributed by atoms with van der Waals surface area (Å²) in [4.78, 5) is 0. The first-order valence-electron chi connectivity index (χ1n) is 5.96. The number of hydrogen-bond donors (Lipinski definition) is 1. The third kappa shape index (κ3) is 2.09. The minimum absolute atomic E-state index is 0.0537. The topological polar surface area (TPSA) is 63.8 Å². The molecule has 1 N–H and O–H groups in total. The number of tetrazole rings is 1. The van der Waals surface area contributed by atoms with Crippen molar-refractivity contribution in [3.63, 3.8) is 0 Å². The van der Waals surface area contributed by atoms with Crippen LogP contribution in [-0.4, -0.2) is 31.4 Å². The molecule has 0 unspecified atom stereocenters. The van der Waals surface area contributed by atoms with Crippen molar-refractivity contribution in [2.24, 2.45) is 0 Å². The van der Waals surface area contributed by atoms with E-state index in [9.17, 15) is 5.11 Å². The van der Waals surface area contributed by atoms with Crippen LogP contribution in [0.15, 0.2) is 0 Å². The van der Waals surface area contributed by atoms with E-state index in [0.29, 0.717) is 0 Å². The van der Waals surface area contributed by atoms with E-state index in [1.54, 1.807) is 0 Å². The van der Waals surface area contributed by atoms with Gasteiger partial charge in [0.25, 0.3) is 0 Å². The highest BCUT2D eigenvalue weighted by molar-refractivity contribution is 5.01. The summed E-state index contributed by atoms with van der Waals surface area (Å²) in [5, 5.41) is 21.9. The summed E-state index contributed by atoms with van der Waals surface area (Å²) in [5.41, 5.74) is -0.0827. The molecule has 2 rings (SSSR count). The van der Waals surface area contributed by atoms with E-state index in [1.165, 1.54) is 0 Å². The first-order valence-corrected chi connectivity index (χ1v) is 5.96. The standard InChI is InChI=1S/C11H20N4O/c1-11(2,3)10-12-13-14-15(10)8-6-4-5-7-9(8)16/h8-9,16H,4-7H2,1-3H3/t8-,9-/m0/s1. The van der Waals surface area contributed by atoms with E-state index in [0.717, 1.165) is 31.5 Å². The fourth-order valence-corrected chi connectivity index (χ4v) is 2.29. The molecule has 1 aliphatic carbocycles. The maximum atomic E-state index is 10.0. The molecular weight excluding hydrogens is 204 g/mol. The zero-order valence-electron chi connectivity index (χ0n) is 10.2. The van der Waals surface area contributed by atoms with Crippen LogP contribution in [0.4, 0.5) is 0 Å². The molecule has 90 valence electrons. The van der Waals surface area contributed by atoms with E-state index in [2.05, 4.69) is 36.3 Å². The van der Waals surface area contributed by atoms with Gasteiger partial charge < -0.3 is 5.11 Å².